The van der Waals surface area contributed by atoms with Crippen molar-refractivity contribution in [2.24, 2.45) is 0 Å². The highest BCUT2D eigenvalue weighted by Gasteiger charge is 2.32. The standard InChI is InChI=1S/C26H26N2O5/c1-16-8-5-6-9-18(16)15-28-20-14-19(12-13-21(20)33-17(2)26(28)30)27-25(29)24-22(31-3)10-7-11-23(24)32-4/h5-14,17H,15H2,1-4H3,(H,27,29). The van der Waals surface area contributed by atoms with Gasteiger partial charge in [0.25, 0.3) is 11.8 Å². The summed E-state index contributed by atoms with van der Waals surface area (Å²) in [5, 5.41) is 2.89. The van der Waals surface area contributed by atoms with Crippen LogP contribution in [-0.2, 0) is 11.3 Å². The second-order valence-corrected chi connectivity index (χ2v) is 7.79. The first kappa shape index (κ1) is 22.2. The number of carbonyl (C=O) groups excluding carboxylic acids is 2. The van der Waals surface area contributed by atoms with Gasteiger partial charge in [-0.15, -0.1) is 0 Å². The van der Waals surface area contributed by atoms with Gasteiger partial charge < -0.3 is 24.4 Å². The van der Waals surface area contributed by atoms with Crippen LogP contribution in [0.3, 0.4) is 0 Å². The van der Waals surface area contributed by atoms with Gasteiger partial charge in [-0.3, -0.25) is 9.59 Å². The van der Waals surface area contributed by atoms with Crippen LogP contribution in [0.25, 0.3) is 0 Å². The lowest BCUT2D eigenvalue weighted by Gasteiger charge is -2.33. The van der Waals surface area contributed by atoms with Crippen LogP contribution >= 0.6 is 0 Å². The minimum Gasteiger partial charge on any atom is -0.496 e. The summed E-state index contributed by atoms with van der Waals surface area (Å²) in [5.74, 6) is 0.868. The second kappa shape index (κ2) is 9.24. The molecule has 1 aliphatic heterocycles. The van der Waals surface area contributed by atoms with Crippen molar-refractivity contribution in [3.05, 3.63) is 77.4 Å². The van der Waals surface area contributed by atoms with Gasteiger partial charge in [0.15, 0.2) is 6.10 Å². The Balaban J connectivity index is 1.67. The number of amides is 2. The maximum Gasteiger partial charge on any atom is 0.268 e. The Labute approximate surface area is 192 Å². The Kier molecular flexibility index (Phi) is 6.22. The van der Waals surface area contributed by atoms with Crippen LogP contribution in [0.15, 0.2) is 60.7 Å². The molecule has 0 saturated carbocycles. The number of carbonyl (C=O) groups is 2. The van der Waals surface area contributed by atoms with Gasteiger partial charge in [0.2, 0.25) is 0 Å². The van der Waals surface area contributed by atoms with Crippen LogP contribution in [-0.4, -0.2) is 32.1 Å². The lowest BCUT2D eigenvalue weighted by atomic mass is 10.1. The lowest BCUT2D eigenvalue weighted by Crippen LogP contribution is -2.44. The summed E-state index contributed by atoms with van der Waals surface area (Å²) in [7, 11) is 3.00. The molecule has 0 aromatic heterocycles. The van der Waals surface area contributed by atoms with Gasteiger partial charge in [-0.05, 0) is 55.3 Å². The molecule has 170 valence electrons. The van der Waals surface area contributed by atoms with E-state index in [2.05, 4.69) is 5.32 Å². The van der Waals surface area contributed by atoms with Crippen molar-refractivity contribution in [2.75, 3.05) is 24.4 Å². The average molecular weight is 447 g/mol. The first-order chi connectivity index (χ1) is 15.9. The van der Waals surface area contributed by atoms with Gasteiger partial charge >= 0.3 is 0 Å². The smallest absolute Gasteiger partial charge is 0.268 e. The van der Waals surface area contributed by atoms with Crippen LogP contribution in [0.4, 0.5) is 11.4 Å². The number of nitrogens with zero attached hydrogens (tertiary/aromatic N) is 1. The van der Waals surface area contributed by atoms with Crippen molar-refractivity contribution in [3.63, 3.8) is 0 Å². The minimum absolute atomic E-state index is 0.138. The van der Waals surface area contributed by atoms with Gasteiger partial charge in [0.1, 0.15) is 22.8 Å². The van der Waals surface area contributed by atoms with E-state index in [-0.39, 0.29) is 17.4 Å². The molecule has 1 N–H and O–H groups in total. The van der Waals surface area contributed by atoms with Crippen LogP contribution < -0.4 is 24.4 Å². The first-order valence-electron chi connectivity index (χ1n) is 10.6. The van der Waals surface area contributed by atoms with Crippen molar-refractivity contribution in [2.45, 2.75) is 26.5 Å². The van der Waals surface area contributed by atoms with E-state index in [1.807, 2.05) is 31.2 Å². The molecule has 0 fully saturated rings. The van der Waals surface area contributed by atoms with Gasteiger partial charge in [-0.25, -0.2) is 0 Å². The third-order valence-electron chi connectivity index (χ3n) is 5.67. The number of hydrogen-bond donors (Lipinski definition) is 1. The summed E-state index contributed by atoms with van der Waals surface area (Å²) in [6, 6.07) is 18.3. The number of benzene rings is 3. The quantitative estimate of drug-likeness (QED) is 0.600. The molecule has 1 heterocycles. The molecular weight excluding hydrogens is 420 g/mol. The van der Waals surface area contributed by atoms with Crippen LogP contribution in [0, 0.1) is 6.92 Å². The molecule has 1 unspecified atom stereocenters. The summed E-state index contributed by atoms with van der Waals surface area (Å²) < 4.78 is 16.5. The number of hydrogen-bond acceptors (Lipinski definition) is 5. The van der Waals surface area contributed by atoms with E-state index in [0.29, 0.717) is 35.2 Å². The topological polar surface area (TPSA) is 77.1 Å². The lowest BCUT2D eigenvalue weighted by molar-refractivity contribution is -0.125. The molecule has 7 heteroatoms. The Morgan fingerprint density at radius 1 is 1.03 bits per heavy atom. The molecule has 0 radical (unpaired) electrons. The molecule has 1 atom stereocenters. The summed E-state index contributed by atoms with van der Waals surface area (Å²) in [6.45, 7) is 4.16. The fourth-order valence-electron chi connectivity index (χ4n) is 3.87. The molecule has 4 rings (SSSR count). The SMILES string of the molecule is COc1cccc(OC)c1C(=O)Nc1ccc2c(c1)N(Cc1ccccc1C)C(=O)C(C)O2. The summed E-state index contributed by atoms with van der Waals surface area (Å²) in [4.78, 5) is 27.8. The molecule has 3 aromatic carbocycles. The number of ether oxygens (including phenoxy) is 3. The van der Waals surface area contributed by atoms with Crippen molar-refractivity contribution < 1.29 is 23.8 Å². The van der Waals surface area contributed by atoms with E-state index in [0.717, 1.165) is 11.1 Å². The number of rotatable bonds is 6. The third kappa shape index (κ3) is 4.35. The van der Waals surface area contributed by atoms with E-state index < -0.39 is 6.10 Å². The zero-order valence-electron chi connectivity index (χ0n) is 19.0. The fraction of sp³-hybridized carbons (Fsp3) is 0.231. The molecule has 2 amide bonds. The van der Waals surface area contributed by atoms with Crippen molar-refractivity contribution in [1.29, 1.82) is 0 Å². The number of fused-ring (bicyclic) bond motifs is 1. The van der Waals surface area contributed by atoms with Gasteiger partial charge in [-0.1, -0.05) is 30.3 Å². The molecule has 1 aliphatic rings. The fourth-order valence-corrected chi connectivity index (χ4v) is 3.87. The molecule has 0 spiro atoms. The zero-order chi connectivity index (χ0) is 23.5. The maximum atomic E-state index is 13.1. The predicted molar refractivity (Wildman–Crippen MR) is 126 cm³/mol. The van der Waals surface area contributed by atoms with E-state index in [1.54, 1.807) is 48.2 Å². The minimum atomic E-state index is -0.597. The van der Waals surface area contributed by atoms with E-state index >= 15 is 0 Å². The van der Waals surface area contributed by atoms with Gasteiger partial charge in [0, 0.05) is 5.69 Å². The predicted octanol–water partition coefficient (Wildman–Crippen LogP) is 4.58. The monoisotopic (exact) mass is 446 g/mol. The molecule has 7 nitrogen and oxygen atoms in total. The largest absolute Gasteiger partial charge is 0.496 e. The molecule has 33 heavy (non-hydrogen) atoms. The van der Waals surface area contributed by atoms with Crippen molar-refractivity contribution in [3.8, 4) is 17.2 Å². The highest BCUT2D eigenvalue weighted by atomic mass is 16.5. The molecule has 3 aromatic rings. The van der Waals surface area contributed by atoms with E-state index in [4.69, 9.17) is 14.2 Å². The number of methoxy groups -OCH3 is 2. The van der Waals surface area contributed by atoms with Crippen molar-refractivity contribution >= 4 is 23.2 Å². The second-order valence-electron chi connectivity index (χ2n) is 7.79. The Morgan fingerprint density at radius 3 is 2.39 bits per heavy atom. The number of aryl methyl sites for hydroxylation is 1. The van der Waals surface area contributed by atoms with Gasteiger partial charge in [0.05, 0.1) is 26.5 Å². The normalized spacial score (nSPS) is 14.8. The summed E-state index contributed by atoms with van der Waals surface area (Å²) in [6.07, 6.45) is -0.597. The zero-order valence-corrected chi connectivity index (χ0v) is 19.0. The molecule has 0 bridgehead atoms. The number of anilines is 2. The average Bonchev–Trinajstić information content (AvgIpc) is 2.82. The Bertz CT molecular complexity index is 1180. The summed E-state index contributed by atoms with van der Waals surface area (Å²) in [5.41, 5.74) is 3.55. The van der Waals surface area contributed by atoms with E-state index in [1.165, 1.54) is 14.2 Å². The highest BCUT2D eigenvalue weighted by molar-refractivity contribution is 6.09. The van der Waals surface area contributed by atoms with Crippen LogP contribution in [0.2, 0.25) is 0 Å². The molecule has 0 saturated heterocycles. The van der Waals surface area contributed by atoms with Crippen LogP contribution in [0.1, 0.15) is 28.4 Å². The van der Waals surface area contributed by atoms with Crippen molar-refractivity contribution in [1.82, 2.24) is 0 Å². The molecule has 0 aliphatic carbocycles. The molecular formula is C26H26N2O5. The Hall–Kier alpha value is -4.00. The highest BCUT2D eigenvalue weighted by Crippen LogP contribution is 2.38. The van der Waals surface area contributed by atoms with E-state index in [9.17, 15) is 9.59 Å². The van der Waals surface area contributed by atoms with Gasteiger partial charge in [-0.2, -0.15) is 0 Å². The Morgan fingerprint density at radius 2 is 1.73 bits per heavy atom. The number of nitrogens with one attached hydrogen (secondary N) is 1. The third-order valence-corrected chi connectivity index (χ3v) is 5.67. The summed E-state index contributed by atoms with van der Waals surface area (Å²) >= 11 is 0. The maximum absolute atomic E-state index is 13.1. The first-order valence-corrected chi connectivity index (χ1v) is 10.6. The van der Waals surface area contributed by atoms with Crippen LogP contribution in [0.5, 0.6) is 17.2 Å².